The van der Waals surface area contributed by atoms with Crippen LogP contribution in [0.15, 0.2) is 84.9 Å². The average Bonchev–Trinajstić information content (AvgIpc) is 3.62. The first-order valence-electron chi connectivity index (χ1n) is 14.9. The first-order valence-corrected chi connectivity index (χ1v) is 18.2. The molecule has 2 saturated heterocycles. The number of benzene rings is 3. The fourth-order valence-corrected chi connectivity index (χ4v) is 12.3. The third-order valence-electron chi connectivity index (χ3n) is 8.52. The van der Waals surface area contributed by atoms with E-state index in [0.29, 0.717) is 11.0 Å². The predicted octanol–water partition coefficient (Wildman–Crippen LogP) is 4.23. The second-order valence-electron chi connectivity index (χ2n) is 13.1. The maximum absolute atomic E-state index is 13.7. The molecule has 3 heterocycles. The number of rotatable bonds is 8. The minimum absolute atomic E-state index is 0.227. The molecule has 0 unspecified atom stereocenters. The molecule has 0 aliphatic carbocycles. The molecule has 11 heteroatoms. The fourth-order valence-electron chi connectivity index (χ4n) is 6.60. The third kappa shape index (κ3) is 5.14. The summed E-state index contributed by atoms with van der Waals surface area (Å²) in [5.41, 5.74) is 1.03. The van der Waals surface area contributed by atoms with Gasteiger partial charge in [-0.1, -0.05) is 93.6 Å². The van der Waals surface area contributed by atoms with Crippen LogP contribution in [0.5, 0.6) is 0 Å². The van der Waals surface area contributed by atoms with E-state index in [4.69, 9.17) is 23.6 Å². The summed E-state index contributed by atoms with van der Waals surface area (Å²) in [7, 11) is -3.81. The Morgan fingerprint density at radius 1 is 0.886 bits per heavy atom. The van der Waals surface area contributed by atoms with Gasteiger partial charge in [0.2, 0.25) is 0 Å². The van der Waals surface area contributed by atoms with Crippen LogP contribution < -0.4 is 10.4 Å². The highest BCUT2D eigenvalue weighted by molar-refractivity contribution is 7.87. The van der Waals surface area contributed by atoms with Crippen LogP contribution in [0.3, 0.4) is 0 Å². The number of hydrogen-bond acceptors (Lipinski definition) is 7. The summed E-state index contributed by atoms with van der Waals surface area (Å²) in [6.07, 6.45) is -2.44. The van der Waals surface area contributed by atoms with Gasteiger partial charge in [-0.05, 0) is 41.4 Å². The van der Waals surface area contributed by atoms with Crippen LogP contribution in [-0.2, 0) is 28.8 Å². The number of aromatic nitrogens is 2. The van der Waals surface area contributed by atoms with Crippen LogP contribution in [-0.4, -0.2) is 74.8 Å². The van der Waals surface area contributed by atoms with Crippen molar-refractivity contribution in [3.8, 4) is 0 Å². The molecule has 234 valence electrons. The molecule has 6 rings (SSSR count). The highest BCUT2D eigenvalue weighted by Gasteiger charge is 2.59. The molecule has 2 fully saturated rings. The van der Waals surface area contributed by atoms with Crippen molar-refractivity contribution in [1.82, 2.24) is 13.3 Å². The number of fused-ring (bicyclic) bond motifs is 2. The van der Waals surface area contributed by atoms with Gasteiger partial charge in [0.15, 0.2) is 11.6 Å². The zero-order valence-corrected chi connectivity index (χ0v) is 28.1. The summed E-state index contributed by atoms with van der Waals surface area (Å²) in [5, 5.41) is 2.09. The number of imidazole rings is 1. The van der Waals surface area contributed by atoms with E-state index < -0.39 is 48.7 Å². The minimum Gasteiger partial charge on any atom is -0.405 e. The number of hydrogen-bond donors (Lipinski definition) is 0. The molecule has 2 aliphatic heterocycles. The Morgan fingerprint density at radius 3 is 2.00 bits per heavy atom. The van der Waals surface area contributed by atoms with Gasteiger partial charge < -0.3 is 18.6 Å². The van der Waals surface area contributed by atoms with Gasteiger partial charge in [0.1, 0.15) is 24.4 Å². The first kappa shape index (κ1) is 31.1. The molecule has 0 bridgehead atoms. The fraction of sp³-hybridized carbons (Fsp3) is 0.424. The molecule has 0 N–H and O–H groups in total. The molecule has 1 aromatic heterocycles. The molecule has 9 nitrogen and oxygen atoms in total. The van der Waals surface area contributed by atoms with E-state index in [0.717, 1.165) is 10.4 Å². The molecule has 2 aliphatic rings. The second-order valence-corrected chi connectivity index (χ2v) is 19.4. The smallest absolute Gasteiger partial charge is 0.309 e. The van der Waals surface area contributed by atoms with Crippen molar-refractivity contribution in [3.63, 3.8) is 0 Å². The van der Waals surface area contributed by atoms with Gasteiger partial charge in [0.05, 0.1) is 17.6 Å². The Morgan fingerprint density at radius 2 is 1.43 bits per heavy atom. The Bertz CT molecular complexity index is 1700. The van der Waals surface area contributed by atoms with Crippen LogP contribution in [0.2, 0.25) is 5.04 Å². The van der Waals surface area contributed by atoms with Gasteiger partial charge in [0, 0.05) is 14.1 Å². The standard InChI is InChI=1S/C33H41N3O6SSi/c1-32(2,3)44(23-16-10-8-11-17-23,24-18-12-9-13-19-24)39-22-27-28-29(42-33(4,5)41-28)30(40-27)31-34-25-20-14-15-21-26(25)36(31)43(37,38)35(6)7/h8-21,27-30H,22H2,1-7H3/t27-,28-,29-,30+/m1/s1. The maximum Gasteiger partial charge on any atom is 0.309 e. The summed E-state index contributed by atoms with van der Waals surface area (Å²) in [5.74, 6) is -0.645. The van der Waals surface area contributed by atoms with E-state index >= 15 is 0 Å². The summed E-state index contributed by atoms with van der Waals surface area (Å²) in [6, 6.07) is 28.0. The largest absolute Gasteiger partial charge is 0.405 e. The van der Waals surface area contributed by atoms with Gasteiger partial charge in [0.25, 0.3) is 8.32 Å². The third-order valence-corrected chi connectivity index (χ3v) is 15.3. The Kier molecular flexibility index (Phi) is 7.89. The van der Waals surface area contributed by atoms with Gasteiger partial charge in [-0.3, -0.25) is 0 Å². The number of ether oxygens (including phenoxy) is 3. The van der Waals surface area contributed by atoms with E-state index in [1.54, 1.807) is 18.2 Å². The van der Waals surface area contributed by atoms with Crippen LogP contribution in [0.25, 0.3) is 11.0 Å². The van der Waals surface area contributed by atoms with Gasteiger partial charge in [-0.15, -0.1) is 0 Å². The van der Waals surface area contributed by atoms with Crippen LogP contribution in [0.1, 0.15) is 46.5 Å². The Hall–Kier alpha value is -2.90. The molecule has 0 saturated carbocycles. The summed E-state index contributed by atoms with van der Waals surface area (Å²) < 4.78 is 56.6. The number of nitrogens with zero attached hydrogens (tertiary/aromatic N) is 3. The summed E-state index contributed by atoms with van der Waals surface area (Å²) in [4.78, 5) is 4.79. The molecule has 44 heavy (non-hydrogen) atoms. The van der Waals surface area contributed by atoms with E-state index in [1.165, 1.54) is 22.4 Å². The lowest BCUT2D eigenvalue weighted by atomic mass is 10.1. The highest BCUT2D eigenvalue weighted by atomic mass is 32.2. The van der Waals surface area contributed by atoms with Crippen molar-refractivity contribution in [3.05, 3.63) is 90.8 Å². The average molecular weight is 636 g/mol. The quantitative estimate of drug-likeness (QED) is 0.268. The molecule has 0 radical (unpaired) electrons. The molecule has 0 amide bonds. The molecule has 4 aromatic rings. The molecule has 0 spiro atoms. The van der Waals surface area contributed by atoms with Gasteiger partial charge >= 0.3 is 10.2 Å². The zero-order chi connectivity index (χ0) is 31.5. The Balaban J connectivity index is 1.43. The molecular weight excluding hydrogens is 595 g/mol. The van der Waals surface area contributed by atoms with Crippen LogP contribution >= 0.6 is 0 Å². The second kappa shape index (κ2) is 11.2. The monoisotopic (exact) mass is 635 g/mol. The van der Waals surface area contributed by atoms with Crippen LogP contribution in [0, 0.1) is 0 Å². The normalized spacial score (nSPS) is 23.8. The van der Waals surface area contributed by atoms with Crippen molar-refractivity contribution < 1.29 is 27.1 Å². The van der Waals surface area contributed by atoms with E-state index in [2.05, 4.69) is 69.3 Å². The molecule has 4 atom stereocenters. The van der Waals surface area contributed by atoms with Gasteiger partial charge in [-0.2, -0.15) is 12.7 Å². The lowest BCUT2D eigenvalue weighted by Gasteiger charge is -2.43. The minimum atomic E-state index is -3.94. The Labute approximate surface area is 261 Å². The SMILES string of the molecule is CN(C)S(=O)(=O)n1c([C@H]2O[C@H](CO[Si](c3ccccc3)(c3ccccc3)C(C)(C)C)[C@H]3OC(C)(C)O[C@H]32)nc2ccccc21. The van der Waals surface area contributed by atoms with Crippen LogP contribution in [0.4, 0.5) is 0 Å². The van der Waals surface area contributed by atoms with Crippen molar-refractivity contribution in [2.45, 2.75) is 69.9 Å². The zero-order valence-electron chi connectivity index (χ0n) is 26.3. The van der Waals surface area contributed by atoms with E-state index in [-0.39, 0.29) is 17.5 Å². The highest BCUT2D eigenvalue weighted by Crippen LogP contribution is 2.46. The summed E-state index contributed by atoms with van der Waals surface area (Å²) in [6.45, 7) is 10.6. The lowest BCUT2D eigenvalue weighted by Crippen LogP contribution is -2.67. The van der Waals surface area contributed by atoms with Crippen molar-refractivity contribution >= 4 is 39.9 Å². The lowest BCUT2D eigenvalue weighted by molar-refractivity contribution is -0.191. The molecular formula is C33H41N3O6SSi. The van der Waals surface area contributed by atoms with Crippen molar-refractivity contribution in [1.29, 1.82) is 0 Å². The van der Waals surface area contributed by atoms with E-state index in [1.807, 2.05) is 32.0 Å². The maximum atomic E-state index is 13.7. The topological polar surface area (TPSA) is 92.1 Å². The van der Waals surface area contributed by atoms with E-state index in [9.17, 15) is 8.42 Å². The van der Waals surface area contributed by atoms with Gasteiger partial charge in [-0.25, -0.2) is 8.96 Å². The predicted molar refractivity (Wildman–Crippen MR) is 173 cm³/mol. The molecule has 3 aromatic carbocycles. The van der Waals surface area contributed by atoms with Crippen molar-refractivity contribution in [2.75, 3.05) is 20.7 Å². The first-order chi connectivity index (χ1) is 20.8. The van der Waals surface area contributed by atoms with Crippen molar-refractivity contribution in [2.24, 2.45) is 0 Å². The summed E-state index contributed by atoms with van der Waals surface area (Å²) >= 11 is 0. The number of para-hydroxylation sites is 2.